The lowest BCUT2D eigenvalue weighted by Crippen LogP contribution is -2.63. The molecule has 0 radical (unpaired) electrons. The molecule has 8 nitrogen and oxygen atoms in total. The van der Waals surface area contributed by atoms with Crippen LogP contribution in [0.3, 0.4) is 0 Å². The molecule has 9 heteroatoms. The molecule has 0 unspecified atom stereocenters. The zero-order chi connectivity index (χ0) is 17.6. The Morgan fingerprint density at radius 3 is 2.68 bits per heavy atom. The van der Waals surface area contributed by atoms with Crippen LogP contribution >= 0.6 is 24.0 Å². The Morgan fingerprint density at radius 1 is 1.40 bits per heavy atom. The molecule has 2 N–H and O–H groups in total. The molecule has 1 aliphatic rings. The number of hydrogen-bond acceptors (Lipinski definition) is 4. The van der Waals surface area contributed by atoms with Gasteiger partial charge < -0.3 is 24.8 Å². The Bertz CT molecular complexity index is 549. The van der Waals surface area contributed by atoms with E-state index in [1.807, 2.05) is 38.5 Å². The Balaban J connectivity index is 0.00000312. The Labute approximate surface area is 166 Å². The van der Waals surface area contributed by atoms with Gasteiger partial charge in [-0.3, -0.25) is 4.99 Å². The van der Waals surface area contributed by atoms with Crippen molar-refractivity contribution in [1.29, 1.82) is 0 Å². The number of likely N-dealkylation sites (tertiary alicyclic amines) is 1. The Hall–Kier alpha value is -1.52. The molecule has 0 spiro atoms. The minimum atomic E-state index is -0.459. The zero-order valence-corrected chi connectivity index (χ0v) is 17.7. The monoisotopic (exact) mass is 464 g/mol. The van der Waals surface area contributed by atoms with Gasteiger partial charge in [-0.2, -0.15) is 0 Å². The molecular formula is C16H29IN6O2. The molecule has 0 saturated carbocycles. The van der Waals surface area contributed by atoms with E-state index in [-0.39, 0.29) is 36.1 Å². The number of carbonyl (C=O) groups excluding carboxylic acids is 1. The molecule has 0 aromatic carbocycles. The maximum Gasteiger partial charge on any atom is 0.410 e. The highest BCUT2D eigenvalue weighted by atomic mass is 127. The van der Waals surface area contributed by atoms with E-state index in [9.17, 15) is 4.79 Å². The number of aromatic nitrogens is 2. The predicted octanol–water partition coefficient (Wildman–Crippen LogP) is 1.68. The number of ether oxygens (including phenoxy) is 1. The van der Waals surface area contributed by atoms with Gasteiger partial charge in [0.05, 0.1) is 18.9 Å². The number of carbonyl (C=O) groups is 1. The summed E-state index contributed by atoms with van der Waals surface area (Å²) >= 11 is 0. The van der Waals surface area contributed by atoms with E-state index in [4.69, 9.17) is 4.74 Å². The maximum absolute atomic E-state index is 11.9. The Morgan fingerprint density at radius 2 is 2.12 bits per heavy atom. The van der Waals surface area contributed by atoms with Crippen molar-refractivity contribution in [1.82, 2.24) is 25.1 Å². The fourth-order valence-electron chi connectivity index (χ4n) is 2.26. The minimum Gasteiger partial charge on any atom is -0.444 e. The molecule has 1 aromatic rings. The average molecular weight is 464 g/mol. The molecule has 0 bridgehead atoms. The van der Waals surface area contributed by atoms with Gasteiger partial charge in [0.1, 0.15) is 5.60 Å². The second-order valence-corrected chi connectivity index (χ2v) is 6.79. The molecule has 2 rings (SSSR count). The summed E-state index contributed by atoms with van der Waals surface area (Å²) in [5, 5.41) is 6.57. The highest BCUT2D eigenvalue weighted by Crippen LogP contribution is 2.15. The second-order valence-electron chi connectivity index (χ2n) is 6.79. The highest BCUT2D eigenvalue weighted by molar-refractivity contribution is 14.0. The van der Waals surface area contributed by atoms with E-state index in [0.29, 0.717) is 19.6 Å². The number of imidazole rings is 1. The summed E-state index contributed by atoms with van der Waals surface area (Å²) in [6, 6.07) is 0.198. The average Bonchev–Trinajstić information content (AvgIpc) is 2.93. The van der Waals surface area contributed by atoms with Crippen LogP contribution in [0, 0.1) is 0 Å². The van der Waals surface area contributed by atoms with Gasteiger partial charge in [0.25, 0.3) is 0 Å². The molecular weight excluding hydrogens is 435 g/mol. The molecule has 1 aliphatic heterocycles. The summed E-state index contributed by atoms with van der Waals surface area (Å²) in [6.07, 6.45) is 5.19. The number of amides is 1. The van der Waals surface area contributed by atoms with Crippen molar-refractivity contribution < 1.29 is 9.53 Å². The van der Waals surface area contributed by atoms with Gasteiger partial charge in [-0.15, -0.1) is 24.0 Å². The summed E-state index contributed by atoms with van der Waals surface area (Å²) in [5.74, 6) is 0.770. The van der Waals surface area contributed by atoms with Gasteiger partial charge >= 0.3 is 6.09 Å². The third kappa shape index (κ3) is 7.49. The van der Waals surface area contributed by atoms with Gasteiger partial charge in [0.2, 0.25) is 0 Å². The van der Waals surface area contributed by atoms with Gasteiger partial charge in [0.15, 0.2) is 5.96 Å². The summed E-state index contributed by atoms with van der Waals surface area (Å²) in [7, 11) is 0. The highest BCUT2D eigenvalue weighted by Gasteiger charge is 2.34. The maximum atomic E-state index is 11.9. The third-order valence-corrected chi connectivity index (χ3v) is 3.41. The minimum absolute atomic E-state index is 0. The van der Waals surface area contributed by atoms with Crippen molar-refractivity contribution in [2.75, 3.05) is 26.2 Å². The molecule has 0 atom stereocenters. The first-order chi connectivity index (χ1) is 11.4. The van der Waals surface area contributed by atoms with Crippen molar-refractivity contribution in [3.05, 3.63) is 18.7 Å². The lowest BCUT2D eigenvalue weighted by Gasteiger charge is -2.40. The summed E-state index contributed by atoms with van der Waals surface area (Å²) < 4.78 is 7.34. The first kappa shape index (κ1) is 21.5. The van der Waals surface area contributed by atoms with Gasteiger partial charge in [-0.1, -0.05) is 0 Å². The van der Waals surface area contributed by atoms with E-state index in [1.54, 1.807) is 17.4 Å². The third-order valence-electron chi connectivity index (χ3n) is 3.41. The van der Waals surface area contributed by atoms with Crippen LogP contribution in [0.1, 0.15) is 27.7 Å². The predicted molar refractivity (Wildman–Crippen MR) is 108 cm³/mol. The molecule has 1 saturated heterocycles. The molecule has 2 heterocycles. The van der Waals surface area contributed by atoms with Crippen LogP contribution < -0.4 is 10.6 Å². The smallest absolute Gasteiger partial charge is 0.410 e. The number of guanidine groups is 1. The molecule has 0 aliphatic carbocycles. The molecule has 1 fully saturated rings. The van der Waals surface area contributed by atoms with Crippen LogP contribution in [-0.2, 0) is 11.3 Å². The van der Waals surface area contributed by atoms with Crippen LogP contribution in [-0.4, -0.2) is 64.3 Å². The van der Waals surface area contributed by atoms with E-state index in [2.05, 4.69) is 20.6 Å². The van der Waals surface area contributed by atoms with Crippen LogP contribution in [0.15, 0.2) is 23.7 Å². The quantitative estimate of drug-likeness (QED) is 0.394. The van der Waals surface area contributed by atoms with Crippen molar-refractivity contribution in [2.45, 2.75) is 45.9 Å². The number of nitrogens with zero attached hydrogens (tertiary/aromatic N) is 4. The van der Waals surface area contributed by atoms with E-state index >= 15 is 0 Å². The number of nitrogens with one attached hydrogen (secondary N) is 2. The number of rotatable bonds is 5. The van der Waals surface area contributed by atoms with Crippen molar-refractivity contribution in [2.24, 2.45) is 4.99 Å². The summed E-state index contributed by atoms with van der Waals surface area (Å²) in [4.78, 5) is 22.2. The van der Waals surface area contributed by atoms with Gasteiger partial charge in [-0.05, 0) is 27.7 Å². The topological polar surface area (TPSA) is 83.8 Å². The first-order valence-corrected chi connectivity index (χ1v) is 8.36. The van der Waals surface area contributed by atoms with Crippen molar-refractivity contribution in [3.8, 4) is 0 Å². The van der Waals surface area contributed by atoms with Gasteiger partial charge in [0, 0.05) is 38.6 Å². The summed E-state index contributed by atoms with van der Waals surface area (Å²) in [5.41, 5.74) is -0.459. The van der Waals surface area contributed by atoms with Crippen LogP contribution in [0.4, 0.5) is 4.79 Å². The fourth-order valence-corrected chi connectivity index (χ4v) is 2.26. The van der Waals surface area contributed by atoms with E-state index < -0.39 is 5.60 Å². The number of aliphatic imine (C=N–C) groups is 1. The first-order valence-electron chi connectivity index (χ1n) is 8.36. The van der Waals surface area contributed by atoms with Crippen molar-refractivity contribution >= 4 is 36.0 Å². The van der Waals surface area contributed by atoms with Crippen LogP contribution in [0.25, 0.3) is 0 Å². The van der Waals surface area contributed by atoms with Gasteiger partial charge in [-0.25, -0.2) is 9.78 Å². The van der Waals surface area contributed by atoms with Crippen LogP contribution in [0.2, 0.25) is 0 Å². The normalized spacial score (nSPS) is 15.2. The second kappa shape index (κ2) is 9.83. The largest absolute Gasteiger partial charge is 0.444 e. The number of hydrogen-bond donors (Lipinski definition) is 2. The molecule has 1 amide bonds. The SMILES string of the molecule is CCNC(=NCCn1ccnc1)NC1CN(C(=O)OC(C)(C)C)C1.I. The fraction of sp³-hybridized carbons (Fsp3) is 0.688. The zero-order valence-electron chi connectivity index (χ0n) is 15.4. The molecule has 1 aromatic heterocycles. The standard InChI is InChI=1S/C16H28N6O2.HI/c1-5-18-14(19-7-9-21-8-6-17-12-21)20-13-10-22(11-13)15(23)24-16(2,3)4;/h6,8,12-13H,5,7,9-11H2,1-4H3,(H2,18,19,20);1H. The lowest BCUT2D eigenvalue weighted by molar-refractivity contribution is 0.00701. The lowest BCUT2D eigenvalue weighted by atomic mass is 10.1. The number of halogens is 1. The van der Waals surface area contributed by atoms with Crippen LogP contribution in [0.5, 0.6) is 0 Å². The Kier molecular flexibility index (Phi) is 8.46. The molecule has 142 valence electrons. The summed E-state index contributed by atoms with van der Waals surface area (Å²) in [6.45, 7) is 11.1. The molecule has 25 heavy (non-hydrogen) atoms. The van der Waals surface area contributed by atoms with E-state index in [1.165, 1.54) is 0 Å². The van der Waals surface area contributed by atoms with E-state index in [0.717, 1.165) is 19.0 Å². The van der Waals surface area contributed by atoms with Crippen molar-refractivity contribution in [3.63, 3.8) is 0 Å².